The van der Waals surface area contributed by atoms with E-state index in [2.05, 4.69) is 39.4 Å². The van der Waals surface area contributed by atoms with E-state index in [0.29, 0.717) is 6.10 Å². The fraction of sp³-hybridized carbons (Fsp3) is 0.556. The Hall–Kier alpha value is -1.46. The highest BCUT2D eigenvalue weighted by Gasteiger charge is 2.30. The lowest BCUT2D eigenvalue weighted by atomic mass is 9.90. The van der Waals surface area contributed by atoms with Crippen molar-refractivity contribution in [2.24, 2.45) is 5.92 Å². The molecule has 1 unspecified atom stereocenters. The summed E-state index contributed by atoms with van der Waals surface area (Å²) in [5.41, 5.74) is 1.30. The molecule has 2 fully saturated rings. The molecular formula is C18H23N3OS. The number of rotatable bonds is 4. The first kappa shape index (κ1) is 15.1. The zero-order chi connectivity index (χ0) is 15.5. The fourth-order valence-corrected chi connectivity index (χ4v) is 4.58. The Morgan fingerprint density at radius 3 is 2.65 bits per heavy atom. The van der Waals surface area contributed by atoms with Crippen LogP contribution in [0.2, 0.25) is 0 Å². The largest absolute Gasteiger partial charge is 0.378 e. The van der Waals surface area contributed by atoms with Crippen LogP contribution >= 0.6 is 11.3 Å². The number of nitrogens with zero attached hydrogens (tertiary/aromatic N) is 3. The lowest BCUT2D eigenvalue weighted by molar-refractivity contribution is 0.0531. The highest BCUT2D eigenvalue weighted by atomic mass is 32.1. The first-order chi connectivity index (χ1) is 11.4. The summed E-state index contributed by atoms with van der Waals surface area (Å²) >= 11 is 1.74. The van der Waals surface area contributed by atoms with Gasteiger partial charge in [-0.1, -0.05) is 41.7 Å². The van der Waals surface area contributed by atoms with Crippen molar-refractivity contribution in [2.75, 3.05) is 24.6 Å². The fourth-order valence-electron chi connectivity index (χ4n) is 3.65. The third-order valence-electron chi connectivity index (χ3n) is 4.96. The van der Waals surface area contributed by atoms with Crippen molar-refractivity contribution in [3.8, 4) is 0 Å². The second kappa shape index (κ2) is 6.97. The summed E-state index contributed by atoms with van der Waals surface area (Å²) in [5, 5.41) is 11.0. The van der Waals surface area contributed by atoms with Crippen molar-refractivity contribution in [1.29, 1.82) is 0 Å². The van der Waals surface area contributed by atoms with Gasteiger partial charge in [0, 0.05) is 26.1 Å². The monoisotopic (exact) mass is 329 g/mol. The third-order valence-corrected chi connectivity index (χ3v) is 5.94. The van der Waals surface area contributed by atoms with E-state index in [1.54, 1.807) is 11.3 Å². The van der Waals surface area contributed by atoms with Crippen LogP contribution < -0.4 is 4.90 Å². The van der Waals surface area contributed by atoms with Gasteiger partial charge in [-0.05, 0) is 37.2 Å². The molecule has 0 bridgehead atoms. The normalized spacial score (nSPS) is 22.6. The van der Waals surface area contributed by atoms with E-state index in [-0.39, 0.29) is 0 Å². The van der Waals surface area contributed by atoms with Gasteiger partial charge in [0.15, 0.2) is 0 Å². The van der Waals surface area contributed by atoms with Crippen LogP contribution in [0.3, 0.4) is 0 Å². The molecule has 23 heavy (non-hydrogen) atoms. The average molecular weight is 329 g/mol. The molecule has 2 saturated heterocycles. The Labute approximate surface area is 141 Å². The molecule has 2 aliphatic heterocycles. The number of benzene rings is 1. The predicted octanol–water partition coefficient (Wildman–Crippen LogP) is 3.52. The quantitative estimate of drug-likeness (QED) is 0.860. The molecule has 0 amide bonds. The lowest BCUT2D eigenvalue weighted by Gasteiger charge is -2.33. The van der Waals surface area contributed by atoms with Crippen LogP contribution in [0.4, 0.5) is 5.13 Å². The van der Waals surface area contributed by atoms with Gasteiger partial charge in [0.25, 0.3) is 0 Å². The summed E-state index contributed by atoms with van der Waals surface area (Å²) < 4.78 is 5.86. The lowest BCUT2D eigenvalue weighted by Crippen LogP contribution is -2.37. The number of piperidine rings is 1. The van der Waals surface area contributed by atoms with Crippen LogP contribution in [-0.4, -0.2) is 36.0 Å². The molecule has 0 saturated carbocycles. The minimum Gasteiger partial charge on any atom is -0.378 e. The molecule has 3 heterocycles. The topological polar surface area (TPSA) is 38.2 Å². The Morgan fingerprint density at radius 1 is 1.09 bits per heavy atom. The van der Waals surface area contributed by atoms with E-state index >= 15 is 0 Å². The SMILES string of the molecule is c1ccc(Cc2nnc(N3CCC(C4CCCO4)CC3)s2)cc1. The maximum atomic E-state index is 5.86. The molecule has 4 nitrogen and oxygen atoms in total. The van der Waals surface area contributed by atoms with Crippen LogP contribution in [-0.2, 0) is 11.2 Å². The molecule has 2 aromatic rings. The van der Waals surface area contributed by atoms with Crippen LogP contribution in [0.5, 0.6) is 0 Å². The standard InChI is InChI=1S/C18H23N3OS/c1-2-5-14(6-3-1)13-17-19-20-18(23-17)21-10-8-15(9-11-21)16-7-4-12-22-16/h1-3,5-6,15-16H,4,7-13H2. The molecule has 122 valence electrons. The Bertz CT molecular complexity index is 616. The average Bonchev–Trinajstić information content (AvgIpc) is 3.28. The van der Waals surface area contributed by atoms with Crippen LogP contribution in [0, 0.1) is 5.92 Å². The van der Waals surface area contributed by atoms with Crippen LogP contribution in [0.1, 0.15) is 36.3 Å². The smallest absolute Gasteiger partial charge is 0.208 e. The van der Waals surface area contributed by atoms with Gasteiger partial charge in [0.05, 0.1) is 6.10 Å². The Kier molecular flexibility index (Phi) is 4.57. The van der Waals surface area contributed by atoms with Crippen molar-refractivity contribution < 1.29 is 4.74 Å². The van der Waals surface area contributed by atoms with Crippen LogP contribution in [0.15, 0.2) is 30.3 Å². The Balaban J connectivity index is 1.34. The number of hydrogen-bond acceptors (Lipinski definition) is 5. The van der Waals surface area contributed by atoms with Gasteiger partial charge < -0.3 is 9.64 Å². The van der Waals surface area contributed by atoms with Crippen molar-refractivity contribution in [1.82, 2.24) is 10.2 Å². The molecule has 5 heteroatoms. The number of aromatic nitrogens is 2. The van der Waals surface area contributed by atoms with Gasteiger partial charge in [-0.25, -0.2) is 0 Å². The zero-order valence-electron chi connectivity index (χ0n) is 13.4. The summed E-state index contributed by atoms with van der Waals surface area (Å²) in [6.45, 7) is 3.14. The van der Waals surface area contributed by atoms with Crippen molar-refractivity contribution in [3.05, 3.63) is 40.9 Å². The summed E-state index contributed by atoms with van der Waals surface area (Å²) in [6, 6.07) is 10.5. The minimum atomic E-state index is 0.514. The van der Waals surface area contributed by atoms with Crippen molar-refractivity contribution in [2.45, 2.75) is 38.2 Å². The molecular weight excluding hydrogens is 306 g/mol. The van der Waals surface area contributed by atoms with Crippen molar-refractivity contribution in [3.63, 3.8) is 0 Å². The van der Waals surface area contributed by atoms with Gasteiger partial charge >= 0.3 is 0 Å². The number of anilines is 1. The van der Waals surface area contributed by atoms with Gasteiger partial charge in [-0.2, -0.15) is 0 Å². The summed E-state index contributed by atoms with van der Waals surface area (Å²) in [6.07, 6.45) is 6.33. The third kappa shape index (κ3) is 3.56. The maximum absolute atomic E-state index is 5.86. The predicted molar refractivity (Wildman–Crippen MR) is 93.1 cm³/mol. The molecule has 1 aromatic carbocycles. The Morgan fingerprint density at radius 2 is 1.91 bits per heavy atom. The van der Waals surface area contributed by atoms with E-state index in [0.717, 1.165) is 42.2 Å². The second-order valence-electron chi connectivity index (χ2n) is 6.52. The summed E-state index contributed by atoms with van der Waals surface area (Å²) in [4.78, 5) is 2.40. The van der Waals surface area contributed by atoms with Crippen LogP contribution in [0.25, 0.3) is 0 Å². The van der Waals surface area contributed by atoms with E-state index < -0.39 is 0 Å². The molecule has 0 spiro atoms. The molecule has 0 radical (unpaired) electrons. The molecule has 0 aliphatic carbocycles. The highest BCUT2D eigenvalue weighted by molar-refractivity contribution is 7.15. The number of hydrogen-bond donors (Lipinski definition) is 0. The first-order valence-electron chi connectivity index (χ1n) is 8.61. The van der Waals surface area contributed by atoms with Gasteiger partial charge in [0.1, 0.15) is 5.01 Å². The summed E-state index contributed by atoms with van der Waals surface area (Å²) in [5.74, 6) is 0.741. The molecule has 0 N–H and O–H groups in total. The first-order valence-corrected chi connectivity index (χ1v) is 9.43. The van der Waals surface area contributed by atoms with E-state index in [1.807, 2.05) is 6.07 Å². The van der Waals surface area contributed by atoms with Gasteiger partial charge in [0.2, 0.25) is 5.13 Å². The second-order valence-corrected chi connectivity index (χ2v) is 7.56. The minimum absolute atomic E-state index is 0.514. The van der Waals surface area contributed by atoms with Gasteiger partial charge in [-0.15, -0.1) is 10.2 Å². The number of ether oxygens (including phenoxy) is 1. The van der Waals surface area contributed by atoms with Crippen molar-refractivity contribution >= 4 is 16.5 Å². The van der Waals surface area contributed by atoms with E-state index in [9.17, 15) is 0 Å². The molecule has 1 atom stereocenters. The molecule has 2 aliphatic rings. The van der Waals surface area contributed by atoms with E-state index in [4.69, 9.17) is 4.74 Å². The maximum Gasteiger partial charge on any atom is 0.208 e. The zero-order valence-corrected chi connectivity index (χ0v) is 14.2. The molecule has 1 aromatic heterocycles. The highest BCUT2D eigenvalue weighted by Crippen LogP contribution is 2.32. The molecule has 4 rings (SSSR count). The van der Waals surface area contributed by atoms with Gasteiger partial charge in [-0.3, -0.25) is 0 Å². The summed E-state index contributed by atoms with van der Waals surface area (Å²) in [7, 11) is 0. The van der Waals surface area contributed by atoms with E-state index in [1.165, 1.54) is 31.2 Å².